The Morgan fingerprint density at radius 3 is 2.29 bits per heavy atom. The molecule has 5 heteroatoms. The van der Waals surface area contributed by atoms with Crippen LogP contribution < -0.4 is 0 Å². The van der Waals surface area contributed by atoms with Gasteiger partial charge in [0.15, 0.2) is 4.83 Å². The third-order valence-electron chi connectivity index (χ3n) is 1.77. The maximum absolute atomic E-state index is 12.0. The molecule has 0 amide bonds. The zero-order valence-corrected chi connectivity index (χ0v) is 9.68. The number of nitrogens with one attached hydrogen (secondary N) is 1. The van der Waals surface area contributed by atoms with Crippen molar-refractivity contribution in [3.8, 4) is 0 Å². The van der Waals surface area contributed by atoms with Crippen molar-refractivity contribution in [1.29, 1.82) is 4.78 Å². The molecule has 14 heavy (non-hydrogen) atoms. The van der Waals surface area contributed by atoms with Gasteiger partial charge in [0.2, 0.25) is 0 Å². The van der Waals surface area contributed by atoms with Crippen LogP contribution >= 0.6 is 11.6 Å². The molecule has 0 saturated heterocycles. The number of benzene rings is 1. The molecule has 0 spiro atoms. The van der Waals surface area contributed by atoms with E-state index >= 15 is 0 Å². The van der Waals surface area contributed by atoms with E-state index in [0.29, 0.717) is 4.90 Å². The Bertz CT molecular complexity index is 389. The van der Waals surface area contributed by atoms with E-state index in [1.54, 1.807) is 43.3 Å². The average Bonchev–Trinajstić information content (AvgIpc) is 2.18. The molecule has 0 bridgehead atoms. The van der Waals surface area contributed by atoms with Crippen molar-refractivity contribution >= 4 is 21.3 Å². The highest BCUT2D eigenvalue weighted by atomic mass is 35.5. The summed E-state index contributed by atoms with van der Waals surface area (Å²) in [6.07, 6.45) is 0. The molecule has 1 rings (SSSR count). The monoisotopic (exact) mass is 232 g/mol. The van der Waals surface area contributed by atoms with Gasteiger partial charge in [0.05, 0.1) is 4.90 Å². The lowest BCUT2D eigenvalue weighted by atomic mass is 10.4. The first-order valence-corrected chi connectivity index (χ1v) is 6.15. The summed E-state index contributed by atoms with van der Waals surface area (Å²) in [4.78, 5) is 1.24. The minimum Gasteiger partial charge on any atom is -0.282 e. The van der Waals surface area contributed by atoms with Gasteiger partial charge >= 0.3 is 0 Å². The third-order valence-corrected chi connectivity index (χ3v) is 4.86. The Morgan fingerprint density at radius 2 is 1.86 bits per heavy atom. The summed E-state index contributed by atoms with van der Waals surface area (Å²) in [6.45, 7) is 0. The Morgan fingerprint density at radius 1 is 1.36 bits per heavy atom. The molecule has 0 aromatic heterocycles. The number of nitrogens with zero attached hydrogens (tertiary/aromatic N) is 1. The minimum atomic E-state index is -2.95. The van der Waals surface area contributed by atoms with Gasteiger partial charge in [-0.3, -0.25) is 4.90 Å². The van der Waals surface area contributed by atoms with Crippen LogP contribution in [0.25, 0.3) is 0 Å². The second-order valence-corrected chi connectivity index (χ2v) is 5.96. The van der Waals surface area contributed by atoms with Gasteiger partial charge in [-0.05, 0) is 26.2 Å². The molecule has 0 aliphatic rings. The van der Waals surface area contributed by atoms with Crippen LogP contribution in [-0.2, 0) is 9.73 Å². The van der Waals surface area contributed by atoms with Gasteiger partial charge in [-0.1, -0.05) is 29.8 Å². The van der Waals surface area contributed by atoms with Gasteiger partial charge < -0.3 is 0 Å². The van der Waals surface area contributed by atoms with E-state index in [1.807, 2.05) is 6.07 Å². The second-order valence-electron chi connectivity index (χ2n) is 3.17. The van der Waals surface area contributed by atoms with Crippen molar-refractivity contribution in [3.05, 3.63) is 30.3 Å². The smallest absolute Gasteiger partial charge is 0.173 e. The molecule has 0 aliphatic carbocycles. The predicted octanol–water partition coefficient (Wildman–Crippen LogP) is 2.18. The maximum atomic E-state index is 12.0. The van der Waals surface area contributed by atoms with Crippen LogP contribution in [0.4, 0.5) is 0 Å². The summed E-state index contributed by atoms with van der Waals surface area (Å²) < 4.78 is 19.8. The molecule has 0 radical (unpaired) electrons. The summed E-state index contributed by atoms with van der Waals surface area (Å²) in [5, 5.41) is 0. The number of hydrogen-bond donors (Lipinski definition) is 1. The number of alkyl halides is 1. The predicted molar refractivity (Wildman–Crippen MR) is 58.9 cm³/mol. The number of hydrogen-bond acceptors (Lipinski definition) is 3. The van der Waals surface area contributed by atoms with Crippen LogP contribution in [0.1, 0.15) is 0 Å². The van der Waals surface area contributed by atoms with Crippen LogP contribution in [0.5, 0.6) is 0 Å². The van der Waals surface area contributed by atoms with Crippen molar-refractivity contribution in [2.75, 3.05) is 14.1 Å². The fourth-order valence-electron chi connectivity index (χ4n) is 1.03. The fraction of sp³-hybridized carbons (Fsp3) is 0.333. The minimum absolute atomic E-state index is 0.466. The lowest BCUT2D eigenvalue weighted by Crippen LogP contribution is -2.29. The van der Waals surface area contributed by atoms with Gasteiger partial charge in [0, 0.05) is 0 Å². The lowest BCUT2D eigenvalue weighted by Gasteiger charge is -2.20. The molecule has 0 aliphatic heterocycles. The summed E-state index contributed by atoms with van der Waals surface area (Å²) in [6, 6.07) is 8.64. The van der Waals surface area contributed by atoms with Gasteiger partial charge in [0.25, 0.3) is 0 Å². The summed E-state index contributed by atoms with van der Waals surface area (Å²) >= 11 is 5.90. The Labute approximate surface area is 89.7 Å². The maximum Gasteiger partial charge on any atom is 0.173 e. The average molecular weight is 233 g/mol. The first-order chi connectivity index (χ1) is 6.46. The molecule has 3 nitrogen and oxygen atoms in total. The van der Waals surface area contributed by atoms with Crippen LogP contribution in [0, 0.1) is 4.78 Å². The fourth-order valence-corrected chi connectivity index (χ4v) is 2.72. The summed E-state index contributed by atoms with van der Waals surface area (Å²) in [5.74, 6) is 0. The molecule has 0 fully saturated rings. The molecule has 0 saturated carbocycles. The van der Waals surface area contributed by atoms with E-state index in [4.69, 9.17) is 16.4 Å². The van der Waals surface area contributed by atoms with E-state index in [1.165, 1.54) is 0 Å². The second kappa shape index (κ2) is 4.29. The van der Waals surface area contributed by atoms with Crippen LogP contribution in [0.3, 0.4) is 0 Å². The van der Waals surface area contributed by atoms with Crippen molar-refractivity contribution in [2.45, 2.75) is 9.73 Å². The quantitative estimate of drug-likeness (QED) is 0.641. The molecule has 1 aromatic carbocycles. The van der Waals surface area contributed by atoms with E-state index in [9.17, 15) is 4.21 Å². The summed E-state index contributed by atoms with van der Waals surface area (Å²) in [5.41, 5.74) is 0. The Balaban J connectivity index is 3.10. The van der Waals surface area contributed by atoms with E-state index < -0.39 is 14.6 Å². The van der Waals surface area contributed by atoms with Crippen LogP contribution in [0.2, 0.25) is 0 Å². The van der Waals surface area contributed by atoms with Crippen molar-refractivity contribution < 1.29 is 4.21 Å². The molecule has 78 valence electrons. The van der Waals surface area contributed by atoms with Crippen molar-refractivity contribution in [2.24, 2.45) is 0 Å². The molecule has 1 N–H and O–H groups in total. The van der Waals surface area contributed by atoms with Crippen molar-refractivity contribution in [3.63, 3.8) is 0 Å². The van der Waals surface area contributed by atoms with Crippen LogP contribution in [0.15, 0.2) is 35.2 Å². The highest BCUT2D eigenvalue weighted by Gasteiger charge is 2.22. The van der Waals surface area contributed by atoms with E-state index in [-0.39, 0.29) is 0 Å². The molecule has 0 heterocycles. The molecule has 1 aromatic rings. The molecular weight excluding hydrogens is 220 g/mol. The van der Waals surface area contributed by atoms with Gasteiger partial charge in [-0.2, -0.15) is 0 Å². The SMILES string of the molecule is CN(C)C(Cl)S(=N)(=O)c1ccccc1. The van der Waals surface area contributed by atoms with Crippen molar-refractivity contribution in [1.82, 2.24) is 4.90 Å². The van der Waals surface area contributed by atoms with Crippen LogP contribution in [-0.4, -0.2) is 28.0 Å². The van der Waals surface area contributed by atoms with E-state index in [0.717, 1.165) is 0 Å². The van der Waals surface area contributed by atoms with Gasteiger partial charge in [-0.25, -0.2) is 8.99 Å². The Kier molecular flexibility index (Phi) is 3.53. The topological polar surface area (TPSA) is 44.2 Å². The lowest BCUT2D eigenvalue weighted by molar-refractivity contribution is 0.443. The Hall–Kier alpha value is -0.580. The number of rotatable bonds is 3. The molecule has 2 unspecified atom stereocenters. The zero-order valence-electron chi connectivity index (χ0n) is 8.11. The molecule has 2 atom stereocenters. The summed E-state index contributed by atoms with van der Waals surface area (Å²) in [7, 11) is 0.459. The standard InChI is InChI=1S/C9H13ClN2OS/c1-12(2)9(10)14(11,13)8-6-4-3-5-7-8/h3-7,9,11H,1-2H3. The first-order valence-electron chi connectivity index (χ1n) is 4.09. The third kappa shape index (κ3) is 2.26. The van der Waals surface area contributed by atoms with Gasteiger partial charge in [-0.15, -0.1) is 0 Å². The largest absolute Gasteiger partial charge is 0.282 e. The normalized spacial score (nSPS) is 17.7. The number of halogens is 1. The first kappa shape index (κ1) is 11.5. The zero-order chi connectivity index (χ0) is 10.8. The van der Waals surface area contributed by atoms with Gasteiger partial charge in [0.1, 0.15) is 9.73 Å². The van der Waals surface area contributed by atoms with E-state index in [2.05, 4.69) is 0 Å². The highest BCUT2D eigenvalue weighted by Crippen LogP contribution is 2.20. The molecular formula is C9H13ClN2OS. The highest BCUT2D eigenvalue weighted by molar-refractivity contribution is 7.94.